The van der Waals surface area contributed by atoms with E-state index in [4.69, 9.17) is 9.47 Å². The molecule has 1 saturated heterocycles. The van der Waals surface area contributed by atoms with Crippen molar-refractivity contribution in [3.05, 3.63) is 0 Å². The van der Waals surface area contributed by atoms with Gasteiger partial charge in [-0.25, -0.2) is 0 Å². The van der Waals surface area contributed by atoms with Crippen LogP contribution in [0.2, 0.25) is 0 Å². The maximum atomic E-state index is 10.4. The van der Waals surface area contributed by atoms with E-state index in [1.54, 1.807) is 6.92 Å². The number of carbonyl (C=O) groups is 1. The van der Waals surface area contributed by atoms with Crippen molar-refractivity contribution in [2.45, 2.75) is 172 Å². The van der Waals surface area contributed by atoms with Crippen molar-refractivity contribution in [2.24, 2.45) is 0 Å². The Morgan fingerprint density at radius 3 is 1.64 bits per heavy atom. The van der Waals surface area contributed by atoms with Crippen LogP contribution in [0, 0.1) is 0 Å². The second-order valence-corrected chi connectivity index (χ2v) is 11.3. The first kappa shape index (κ1) is 36.2. The molecule has 39 heavy (non-hydrogen) atoms. The van der Waals surface area contributed by atoms with Gasteiger partial charge in [-0.2, -0.15) is 0 Å². The van der Waals surface area contributed by atoms with Gasteiger partial charge in [-0.3, -0.25) is 4.79 Å². The maximum Gasteiger partial charge on any atom is 0.207 e. The third-order valence-electron chi connectivity index (χ3n) is 7.84. The molecule has 10 heteroatoms. The van der Waals surface area contributed by atoms with E-state index in [0.29, 0.717) is 12.8 Å². The van der Waals surface area contributed by atoms with E-state index in [0.717, 1.165) is 38.5 Å². The van der Waals surface area contributed by atoms with Gasteiger partial charge >= 0.3 is 0 Å². The van der Waals surface area contributed by atoms with E-state index in [-0.39, 0.29) is 6.04 Å². The van der Waals surface area contributed by atoms with Crippen molar-refractivity contribution in [2.75, 3.05) is 6.61 Å². The maximum absolute atomic E-state index is 10.4. The van der Waals surface area contributed by atoms with Crippen molar-refractivity contribution in [1.82, 2.24) is 5.32 Å². The standard InChI is InChI=1S/C29H57NO9/c1-21(30-20-32)23(34)17-15-13-11-9-7-5-3-4-6-8-10-12-14-16-18-24(22(2)33)38-29-28(37)27(36)26(35)25(19-31)39-29/h20-29,31,33-37H,3-19H2,1-2H3,(H,30,32). The molecular weight excluding hydrogens is 506 g/mol. The van der Waals surface area contributed by atoms with Crippen LogP contribution >= 0.6 is 0 Å². The number of amides is 1. The highest BCUT2D eigenvalue weighted by molar-refractivity contribution is 5.46. The molecule has 0 aromatic rings. The van der Waals surface area contributed by atoms with E-state index in [1.165, 1.54) is 57.8 Å². The Hall–Kier alpha value is -0.850. The average molecular weight is 564 g/mol. The topological polar surface area (TPSA) is 169 Å². The zero-order valence-corrected chi connectivity index (χ0v) is 24.2. The monoisotopic (exact) mass is 563 g/mol. The van der Waals surface area contributed by atoms with Crippen molar-refractivity contribution >= 4 is 6.41 Å². The van der Waals surface area contributed by atoms with Gasteiger partial charge in [-0.15, -0.1) is 0 Å². The molecule has 0 saturated carbocycles. The van der Waals surface area contributed by atoms with Gasteiger partial charge in [0.05, 0.1) is 31.0 Å². The fourth-order valence-corrected chi connectivity index (χ4v) is 5.06. The molecule has 1 amide bonds. The Kier molecular flexibility index (Phi) is 20.3. The van der Waals surface area contributed by atoms with Gasteiger partial charge < -0.3 is 45.4 Å². The summed E-state index contributed by atoms with van der Waals surface area (Å²) in [6, 6.07) is -0.183. The third-order valence-corrected chi connectivity index (χ3v) is 7.84. The number of aliphatic hydroxyl groups excluding tert-OH is 6. The molecule has 0 spiro atoms. The second kappa shape index (κ2) is 21.8. The molecule has 0 bridgehead atoms. The predicted octanol–water partition coefficient (Wildman–Crippen LogP) is 2.29. The SMILES string of the molecule is CC(O)C(CCCCCCCCCCCCCCCCC(O)C(C)NC=O)OC1OC(CO)C(O)C(O)C1O. The molecule has 232 valence electrons. The summed E-state index contributed by atoms with van der Waals surface area (Å²) < 4.78 is 11.1. The van der Waals surface area contributed by atoms with Crippen LogP contribution < -0.4 is 5.32 Å². The number of hydrogen-bond donors (Lipinski definition) is 7. The van der Waals surface area contributed by atoms with Crippen LogP contribution in [0.5, 0.6) is 0 Å². The van der Waals surface area contributed by atoms with Gasteiger partial charge in [0.25, 0.3) is 0 Å². The van der Waals surface area contributed by atoms with E-state index < -0.39 is 55.6 Å². The first-order chi connectivity index (χ1) is 18.7. The van der Waals surface area contributed by atoms with Crippen LogP contribution in [0.15, 0.2) is 0 Å². The molecule has 9 unspecified atom stereocenters. The zero-order valence-electron chi connectivity index (χ0n) is 24.2. The van der Waals surface area contributed by atoms with Crippen molar-refractivity contribution in [1.29, 1.82) is 0 Å². The normalized spacial score (nSPS) is 26.6. The van der Waals surface area contributed by atoms with Gasteiger partial charge in [-0.05, 0) is 26.7 Å². The second-order valence-electron chi connectivity index (χ2n) is 11.3. The van der Waals surface area contributed by atoms with E-state index in [9.17, 15) is 35.4 Å². The highest BCUT2D eigenvalue weighted by Gasteiger charge is 2.45. The largest absolute Gasteiger partial charge is 0.394 e. The van der Waals surface area contributed by atoms with Gasteiger partial charge in [-0.1, -0.05) is 89.9 Å². The summed E-state index contributed by atoms with van der Waals surface area (Å²) in [6.45, 7) is 2.92. The van der Waals surface area contributed by atoms with Crippen LogP contribution in [0.4, 0.5) is 0 Å². The Balaban J connectivity index is 2.00. The molecule has 1 rings (SSSR count). The quantitative estimate of drug-likeness (QED) is 0.0688. The summed E-state index contributed by atoms with van der Waals surface area (Å²) in [5.74, 6) is 0. The minimum atomic E-state index is -1.49. The minimum absolute atomic E-state index is 0.183. The lowest BCUT2D eigenvalue weighted by Gasteiger charge is -2.41. The molecule has 0 aliphatic carbocycles. The molecule has 0 aromatic carbocycles. The highest BCUT2D eigenvalue weighted by atomic mass is 16.7. The Morgan fingerprint density at radius 1 is 0.744 bits per heavy atom. The first-order valence-corrected chi connectivity index (χ1v) is 15.2. The fraction of sp³-hybridized carbons (Fsp3) is 0.966. The lowest BCUT2D eigenvalue weighted by molar-refractivity contribution is -0.317. The fourth-order valence-electron chi connectivity index (χ4n) is 5.06. The molecule has 0 radical (unpaired) electrons. The number of nitrogens with one attached hydrogen (secondary N) is 1. The van der Waals surface area contributed by atoms with Crippen LogP contribution in [0.1, 0.15) is 117 Å². The number of ether oxygens (including phenoxy) is 2. The van der Waals surface area contributed by atoms with Crippen molar-refractivity contribution in [3.8, 4) is 0 Å². The molecular formula is C29H57NO9. The molecule has 7 N–H and O–H groups in total. The van der Waals surface area contributed by atoms with Crippen LogP contribution in [0.3, 0.4) is 0 Å². The Morgan fingerprint density at radius 2 is 1.21 bits per heavy atom. The molecule has 1 aliphatic rings. The third kappa shape index (κ3) is 15.1. The van der Waals surface area contributed by atoms with Gasteiger partial charge in [0.1, 0.15) is 24.4 Å². The van der Waals surface area contributed by atoms with Gasteiger partial charge in [0, 0.05) is 0 Å². The van der Waals surface area contributed by atoms with E-state index >= 15 is 0 Å². The summed E-state index contributed by atoms with van der Waals surface area (Å²) in [6.07, 6.45) is 9.81. The summed E-state index contributed by atoms with van der Waals surface area (Å²) >= 11 is 0. The summed E-state index contributed by atoms with van der Waals surface area (Å²) in [7, 11) is 0. The number of rotatable bonds is 24. The summed E-state index contributed by atoms with van der Waals surface area (Å²) in [5.41, 5.74) is 0. The van der Waals surface area contributed by atoms with Crippen molar-refractivity contribution in [3.63, 3.8) is 0 Å². The Bertz CT molecular complexity index is 595. The lowest BCUT2D eigenvalue weighted by Crippen LogP contribution is -2.60. The molecule has 0 aromatic heterocycles. The molecule has 9 atom stereocenters. The first-order valence-electron chi connectivity index (χ1n) is 15.2. The van der Waals surface area contributed by atoms with Crippen LogP contribution in [0.25, 0.3) is 0 Å². The van der Waals surface area contributed by atoms with E-state index in [1.807, 2.05) is 6.92 Å². The number of hydrogen-bond acceptors (Lipinski definition) is 9. The van der Waals surface area contributed by atoms with E-state index in [2.05, 4.69) is 5.32 Å². The molecule has 1 heterocycles. The molecule has 10 nitrogen and oxygen atoms in total. The molecule has 1 fully saturated rings. The smallest absolute Gasteiger partial charge is 0.207 e. The summed E-state index contributed by atoms with van der Waals surface area (Å²) in [4.78, 5) is 10.4. The molecule has 1 aliphatic heterocycles. The Labute approximate surface area is 235 Å². The van der Waals surface area contributed by atoms with Crippen LogP contribution in [-0.4, -0.2) is 98.7 Å². The number of carbonyl (C=O) groups excluding carboxylic acids is 1. The van der Waals surface area contributed by atoms with Crippen molar-refractivity contribution < 1.29 is 44.9 Å². The zero-order chi connectivity index (χ0) is 29.0. The average Bonchev–Trinajstić information content (AvgIpc) is 2.91. The highest BCUT2D eigenvalue weighted by Crippen LogP contribution is 2.25. The number of aliphatic hydroxyl groups is 6. The summed E-state index contributed by atoms with van der Waals surface area (Å²) in [5, 5.41) is 61.9. The minimum Gasteiger partial charge on any atom is -0.394 e. The predicted molar refractivity (Wildman–Crippen MR) is 149 cm³/mol. The van der Waals surface area contributed by atoms with Gasteiger partial charge in [0.2, 0.25) is 6.41 Å². The van der Waals surface area contributed by atoms with Gasteiger partial charge in [0.15, 0.2) is 6.29 Å². The lowest BCUT2D eigenvalue weighted by atomic mass is 9.99. The van der Waals surface area contributed by atoms with Crippen LogP contribution in [-0.2, 0) is 14.3 Å². The number of unbranched alkanes of at least 4 members (excludes halogenated alkanes) is 13.